The third-order valence-corrected chi connectivity index (χ3v) is 5.23. The number of unbranched alkanes of at least 4 members (excludes halogenated alkanes) is 10. The number of hydrogen-bond acceptors (Lipinski definition) is 5. The molecule has 0 spiro atoms. The Kier molecular flexibility index (Phi) is 20.2. The van der Waals surface area contributed by atoms with E-state index in [4.69, 9.17) is 10.2 Å². The smallest absolute Gasteiger partial charge is 0.549 e. The number of carbonyl (C=O) groups excluding carboxylic acids is 2. The maximum atomic E-state index is 12.6. The van der Waals surface area contributed by atoms with E-state index in [1.54, 1.807) is 0 Å². The first-order valence-corrected chi connectivity index (χ1v) is 10.7. The Morgan fingerprint density at radius 2 is 1.21 bits per heavy atom. The van der Waals surface area contributed by atoms with Crippen LogP contribution in [0.4, 0.5) is 0 Å². The molecule has 0 aromatic heterocycles. The van der Waals surface area contributed by atoms with Crippen molar-refractivity contribution in [3.63, 3.8) is 0 Å². The van der Waals surface area contributed by atoms with Gasteiger partial charge in [0.05, 0.1) is 24.6 Å². The quantitative estimate of drug-likeness (QED) is 0.176. The van der Waals surface area contributed by atoms with E-state index in [-0.39, 0.29) is 62.3 Å². The fourth-order valence-corrected chi connectivity index (χ4v) is 3.34. The van der Waals surface area contributed by atoms with Crippen molar-refractivity contribution in [2.45, 2.75) is 90.9 Å². The summed E-state index contributed by atoms with van der Waals surface area (Å²) < 4.78 is 0. The summed E-state index contributed by atoms with van der Waals surface area (Å²) in [5.41, 5.74) is -1.61. The van der Waals surface area contributed by atoms with Crippen LogP contribution in [0.5, 0.6) is 0 Å². The molecule has 0 heterocycles. The van der Waals surface area contributed by atoms with Gasteiger partial charge in [-0.05, 0) is 13.3 Å². The average molecular weight is 410 g/mol. The topological polar surface area (TPSA) is 101 Å². The molecule has 0 aromatic rings. The van der Waals surface area contributed by atoms with Gasteiger partial charge in [-0.3, -0.25) is 4.79 Å². The number of carboxylic acids is 1. The van der Waals surface area contributed by atoms with Crippen molar-refractivity contribution in [2.75, 3.05) is 26.3 Å². The molecule has 0 aliphatic rings. The molecule has 0 rings (SSSR count). The number of nitrogens with zero attached hydrogens (tertiary/aromatic N) is 1. The molecule has 160 valence electrons. The van der Waals surface area contributed by atoms with Gasteiger partial charge in [0.1, 0.15) is 0 Å². The molecule has 0 saturated carbocycles. The van der Waals surface area contributed by atoms with Gasteiger partial charge in [0.25, 0.3) is 0 Å². The van der Waals surface area contributed by atoms with Crippen molar-refractivity contribution >= 4 is 11.9 Å². The number of aliphatic carboxylic acids is 1. The molecule has 1 atom stereocenters. The van der Waals surface area contributed by atoms with Crippen LogP contribution in [0.3, 0.4) is 0 Å². The van der Waals surface area contributed by atoms with E-state index in [0.717, 1.165) is 19.3 Å². The van der Waals surface area contributed by atoms with Gasteiger partial charge in [0, 0.05) is 13.1 Å². The van der Waals surface area contributed by atoms with Crippen molar-refractivity contribution in [3.8, 4) is 0 Å². The maximum Gasteiger partial charge on any atom is 1.00 e. The second kappa shape index (κ2) is 18.9. The summed E-state index contributed by atoms with van der Waals surface area (Å²) in [5, 5.41) is 29.7. The minimum absolute atomic E-state index is 0. The molecular formula is C21H40NNaO5. The zero-order valence-electron chi connectivity index (χ0n) is 18.4. The summed E-state index contributed by atoms with van der Waals surface area (Å²) in [7, 11) is 0. The zero-order chi connectivity index (χ0) is 20.5. The number of aliphatic hydroxyl groups excluding tert-OH is 2. The molecule has 0 radical (unpaired) electrons. The van der Waals surface area contributed by atoms with Crippen molar-refractivity contribution in [1.29, 1.82) is 0 Å². The van der Waals surface area contributed by atoms with Gasteiger partial charge >= 0.3 is 29.6 Å². The van der Waals surface area contributed by atoms with Crippen LogP contribution >= 0.6 is 0 Å². The first kappa shape index (κ1) is 30.1. The van der Waals surface area contributed by atoms with Crippen LogP contribution in [-0.4, -0.2) is 53.3 Å². The second-order valence-corrected chi connectivity index (χ2v) is 7.64. The molecule has 1 unspecified atom stereocenters. The van der Waals surface area contributed by atoms with E-state index in [1.165, 1.54) is 56.8 Å². The minimum Gasteiger partial charge on any atom is -0.549 e. The van der Waals surface area contributed by atoms with Gasteiger partial charge < -0.3 is 25.0 Å². The molecule has 0 fully saturated rings. The Morgan fingerprint density at radius 3 is 1.57 bits per heavy atom. The Morgan fingerprint density at radius 1 is 0.821 bits per heavy atom. The first-order chi connectivity index (χ1) is 12.9. The standard InChI is InChI=1S/C21H41NO5.Na/c1-3-4-5-6-7-8-9-10-11-12-13-14-21(2,20(26)27)19(25)22(15-17-23)16-18-24;/h23-24H,3-18H2,1-2H3,(H,26,27);/q;+1/p-1. The zero-order valence-corrected chi connectivity index (χ0v) is 20.4. The number of rotatable bonds is 18. The SMILES string of the molecule is CCCCCCCCCCCCCC(C)(C(=O)[O-])C(=O)N(CCO)CCO.[Na+]. The van der Waals surface area contributed by atoms with Crippen molar-refractivity contribution in [3.05, 3.63) is 0 Å². The Labute approximate surface area is 193 Å². The summed E-state index contributed by atoms with van der Waals surface area (Å²) in [6.45, 7) is 3.10. The molecule has 1 amide bonds. The van der Waals surface area contributed by atoms with E-state index in [1.807, 2.05) is 0 Å². The Balaban J connectivity index is 0. The van der Waals surface area contributed by atoms with Gasteiger partial charge in [0.15, 0.2) is 0 Å². The number of carboxylic acid groups (broad SMARTS) is 1. The van der Waals surface area contributed by atoms with Crippen LogP contribution in [0, 0.1) is 5.41 Å². The third kappa shape index (κ3) is 12.4. The van der Waals surface area contributed by atoms with Gasteiger partial charge in [-0.2, -0.15) is 0 Å². The minimum atomic E-state index is -1.61. The van der Waals surface area contributed by atoms with Crippen LogP contribution in [-0.2, 0) is 9.59 Å². The summed E-state index contributed by atoms with van der Waals surface area (Å²) in [6, 6.07) is 0. The van der Waals surface area contributed by atoms with E-state index in [2.05, 4.69) is 6.92 Å². The van der Waals surface area contributed by atoms with E-state index in [9.17, 15) is 14.7 Å². The molecule has 7 heteroatoms. The maximum absolute atomic E-state index is 12.6. The van der Waals surface area contributed by atoms with E-state index in [0.29, 0.717) is 6.42 Å². The molecular weight excluding hydrogens is 369 g/mol. The van der Waals surface area contributed by atoms with Crippen molar-refractivity contribution < 1.29 is 54.5 Å². The average Bonchev–Trinajstić information content (AvgIpc) is 2.65. The Bertz CT molecular complexity index is 402. The fraction of sp³-hybridized carbons (Fsp3) is 0.905. The van der Waals surface area contributed by atoms with E-state index < -0.39 is 17.3 Å². The molecule has 0 aromatic carbocycles. The molecule has 0 saturated heterocycles. The molecule has 0 aliphatic carbocycles. The van der Waals surface area contributed by atoms with Gasteiger partial charge in [0.2, 0.25) is 5.91 Å². The predicted octanol–water partition coefficient (Wildman–Crippen LogP) is -0.739. The van der Waals surface area contributed by atoms with Crippen molar-refractivity contribution in [2.24, 2.45) is 5.41 Å². The monoisotopic (exact) mass is 409 g/mol. The summed E-state index contributed by atoms with van der Waals surface area (Å²) in [5.74, 6) is -1.97. The van der Waals surface area contributed by atoms with Gasteiger partial charge in [-0.1, -0.05) is 77.6 Å². The van der Waals surface area contributed by atoms with E-state index >= 15 is 0 Å². The van der Waals surface area contributed by atoms with Gasteiger partial charge in [-0.15, -0.1) is 0 Å². The summed E-state index contributed by atoms with van der Waals surface area (Å²) >= 11 is 0. The molecule has 28 heavy (non-hydrogen) atoms. The second-order valence-electron chi connectivity index (χ2n) is 7.64. The molecule has 0 bridgehead atoms. The van der Waals surface area contributed by atoms with Crippen LogP contribution in [0.25, 0.3) is 0 Å². The number of amides is 1. The number of hydrogen-bond donors (Lipinski definition) is 2. The Hall–Kier alpha value is -0.140. The number of carbonyl (C=O) groups is 2. The largest absolute Gasteiger partial charge is 1.00 e. The summed E-state index contributed by atoms with van der Waals surface area (Å²) in [4.78, 5) is 25.4. The van der Waals surface area contributed by atoms with Crippen molar-refractivity contribution in [1.82, 2.24) is 4.90 Å². The van der Waals surface area contributed by atoms with Crippen LogP contribution in [0.15, 0.2) is 0 Å². The number of aliphatic hydroxyl groups is 2. The third-order valence-electron chi connectivity index (χ3n) is 5.23. The molecule has 0 aliphatic heterocycles. The summed E-state index contributed by atoms with van der Waals surface area (Å²) in [6.07, 6.45) is 13.0. The van der Waals surface area contributed by atoms with Gasteiger partial charge in [-0.25, -0.2) is 0 Å². The van der Waals surface area contributed by atoms with Crippen LogP contribution in [0.1, 0.15) is 90.9 Å². The molecule has 6 nitrogen and oxygen atoms in total. The normalized spacial score (nSPS) is 12.9. The molecule has 2 N–H and O–H groups in total. The van der Waals surface area contributed by atoms with Crippen LogP contribution in [0.2, 0.25) is 0 Å². The van der Waals surface area contributed by atoms with Crippen LogP contribution < -0.4 is 34.7 Å². The fourth-order valence-electron chi connectivity index (χ4n) is 3.34. The predicted molar refractivity (Wildman–Crippen MR) is 105 cm³/mol. The first-order valence-electron chi connectivity index (χ1n) is 10.7.